The van der Waals surface area contributed by atoms with Crippen LogP contribution in [0.4, 0.5) is 0 Å². The van der Waals surface area contributed by atoms with E-state index in [4.69, 9.17) is 4.74 Å². The van der Waals surface area contributed by atoms with Crippen molar-refractivity contribution in [2.24, 2.45) is 0 Å². The molecular weight excluding hydrogens is 239 g/mol. The summed E-state index contributed by atoms with van der Waals surface area (Å²) < 4.78 is 5.66. The second-order valence-electron chi connectivity index (χ2n) is 4.14. The van der Waals surface area contributed by atoms with Gasteiger partial charge in [0.25, 0.3) is 0 Å². The molecule has 2 aromatic carbocycles. The Morgan fingerprint density at radius 1 is 1.11 bits per heavy atom. The fourth-order valence-corrected chi connectivity index (χ4v) is 1.80. The van der Waals surface area contributed by atoms with Crippen LogP contribution in [0.2, 0.25) is 0 Å². The molecule has 0 aliphatic rings. The van der Waals surface area contributed by atoms with E-state index in [-0.39, 0.29) is 0 Å². The van der Waals surface area contributed by atoms with Crippen LogP contribution in [0, 0.1) is 0 Å². The molecule has 0 saturated heterocycles. The van der Waals surface area contributed by atoms with Crippen LogP contribution in [0.1, 0.15) is 11.1 Å². The predicted molar refractivity (Wildman–Crippen MR) is 77.1 cm³/mol. The van der Waals surface area contributed by atoms with E-state index in [0.29, 0.717) is 23.4 Å². The molecule has 96 valence electrons. The minimum Gasteiger partial charge on any atom is -0.489 e. The summed E-state index contributed by atoms with van der Waals surface area (Å²) in [6.07, 6.45) is 1.57. The van der Waals surface area contributed by atoms with Crippen LogP contribution in [0.15, 0.2) is 55.1 Å². The average Bonchev–Trinajstić information content (AvgIpc) is 2.45. The number of ether oxygens (including phenoxy) is 1. The molecule has 2 N–H and O–H groups in total. The molecule has 0 bridgehead atoms. The molecule has 0 amide bonds. The highest BCUT2D eigenvalue weighted by Crippen LogP contribution is 2.15. The van der Waals surface area contributed by atoms with Crippen LogP contribution < -0.4 is 10.2 Å². The molecule has 0 atom stereocenters. The number of benzene rings is 2. The molecule has 4 heteroatoms. The molecule has 2 aromatic rings. The standard InChI is InChI=1S/C15H15BO3/c1-2-13-10-14(8-9-15(13)16(17)18)19-11-12-6-4-3-5-7-12/h2-10,17-18H,1,11H2. The van der Waals surface area contributed by atoms with E-state index in [9.17, 15) is 10.0 Å². The Bertz CT molecular complexity index is 553. The SMILES string of the molecule is C=Cc1cc(OCc2ccccc2)ccc1B(O)O. The maximum Gasteiger partial charge on any atom is 0.489 e. The second-order valence-corrected chi connectivity index (χ2v) is 4.14. The normalized spacial score (nSPS) is 10.0. The summed E-state index contributed by atoms with van der Waals surface area (Å²) in [5.41, 5.74) is 2.15. The van der Waals surface area contributed by atoms with Crippen molar-refractivity contribution < 1.29 is 14.8 Å². The molecule has 0 aliphatic heterocycles. The first-order chi connectivity index (χ1) is 9.20. The van der Waals surface area contributed by atoms with Crippen molar-refractivity contribution in [3.8, 4) is 5.75 Å². The third-order valence-electron chi connectivity index (χ3n) is 2.80. The minimum absolute atomic E-state index is 0.419. The first-order valence-electron chi connectivity index (χ1n) is 6.00. The van der Waals surface area contributed by atoms with E-state index in [1.165, 1.54) is 0 Å². The predicted octanol–water partition coefficient (Wildman–Crippen LogP) is 1.59. The molecular formula is C15H15BO3. The molecule has 0 saturated carbocycles. The molecule has 2 rings (SSSR count). The third kappa shape index (κ3) is 3.47. The summed E-state index contributed by atoms with van der Waals surface area (Å²) in [5, 5.41) is 18.4. The lowest BCUT2D eigenvalue weighted by atomic mass is 9.77. The average molecular weight is 254 g/mol. The second kappa shape index (κ2) is 6.23. The van der Waals surface area contributed by atoms with Gasteiger partial charge in [0.2, 0.25) is 0 Å². The van der Waals surface area contributed by atoms with Crippen LogP contribution >= 0.6 is 0 Å². The van der Waals surface area contributed by atoms with E-state index < -0.39 is 7.12 Å². The first-order valence-corrected chi connectivity index (χ1v) is 6.00. The van der Waals surface area contributed by atoms with Gasteiger partial charge in [-0.2, -0.15) is 0 Å². The van der Waals surface area contributed by atoms with Gasteiger partial charge in [-0.05, 0) is 28.7 Å². The van der Waals surface area contributed by atoms with Gasteiger partial charge in [-0.25, -0.2) is 0 Å². The van der Waals surface area contributed by atoms with Crippen LogP contribution in [-0.4, -0.2) is 17.2 Å². The third-order valence-corrected chi connectivity index (χ3v) is 2.80. The summed E-state index contributed by atoms with van der Waals surface area (Å²) >= 11 is 0. The van der Waals surface area contributed by atoms with Crippen molar-refractivity contribution in [3.63, 3.8) is 0 Å². The Hall–Kier alpha value is -2.04. The van der Waals surface area contributed by atoms with E-state index >= 15 is 0 Å². The summed E-state index contributed by atoms with van der Waals surface area (Å²) in [7, 11) is -1.50. The Morgan fingerprint density at radius 3 is 2.47 bits per heavy atom. The number of hydrogen-bond acceptors (Lipinski definition) is 3. The van der Waals surface area contributed by atoms with Gasteiger partial charge >= 0.3 is 7.12 Å². The van der Waals surface area contributed by atoms with Gasteiger partial charge in [0.1, 0.15) is 12.4 Å². The van der Waals surface area contributed by atoms with Gasteiger partial charge in [0.05, 0.1) is 0 Å². The molecule has 0 spiro atoms. The minimum atomic E-state index is -1.50. The molecule has 0 aromatic heterocycles. The zero-order valence-corrected chi connectivity index (χ0v) is 10.5. The van der Waals surface area contributed by atoms with Gasteiger partial charge in [0, 0.05) is 0 Å². The van der Waals surface area contributed by atoms with Crippen LogP contribution in [0.25, 0.3) is 6.08 Å². The molecule has 19 heavy (non-hydrogen) atoms. The highest BCUT2D eigenvalue weighted by Gasteiger charge is 2.14. The first kappa shape index (κ1) is 13.4. The van der Waals surface area contributed by atoms with Crippen molar-refractivity contribution in [3.05, 3.63) is 66.2 Å². The van der Waals surface area contributed by atoms with Crippen molar-refractivity contribution in [2.45, 2.75) is 6.61 Å². The molecule has 0 unspecified atom stereocenters. The van der Waals surface area contributed by atoms with Crippen molar-refractivity contribution >= 4 is 18.7 Å². The summed E-state index contributed by atoms with van der Waals surface area (Å²) in [5.74, 6) is 0.670. The van der Waals surface area contributed by atoms with Crippen LogP contribution in [0.3, 0.4) is 0 Å². The van der Waals surface area contributed by atoms with Gasteiger partial charge < -0.3 is 14.8 Å². The number of rotatable bonds is 5. The van der Waals surface area contributed by atoms with E-state index in [1.807, 2.05) is 30.3 Å². The summed E-state index contributed by atoms with van der Waals surface area (Å²) in [6, 6.07) is 14.9. The largest absolute Gasteiger partial charge is 0.489 e. The Morgan fingerprint density at radius 2 is 1.84 bits per heavy atom. The number of hydrogen-bond donors (Lipinski definition) is 2. The summed E-state index contributed by atoms with van der Waals surface area (Å²) in [6.45, 7) is 4.13. The lowest BCUT2D eigenvalue weighted by Crippen LogP contribution is -2.31. The highest BCUT2D eigenvalue weighted by molar-refractivity contribution is 6.59. The van der Waals surface area contributed by atoms with Gasteiger partial charge in [-0.15, -0.1) is 0 Å². The topological polar surface area (TPSA) is 49.7 Å². The van der Waals surface area contributed by atoms with Crippen LogP contribution in [-0.2, 0) is 6.61 Å². The van der Waals surface area contributed by atoms with Crippen LogP contribution in [0.5, 0.6) is 5.75 Å². The van der Waals surface area contributed by atoms with E-state index in [2.05, 4.69) is 6.58 Å². The monoisotopic (exact) mass is 254 g/mol. The zero-order chi connectivity index (χ0) is 13.7. The smallest absolute Gasteiger partial charge is 0.489 e. The maximum atomic E-state index is 9.20. The molecule has 0 fully saturated rings. The Kier molecular flexibility index (Phi) is 4.39. The maximum absolute atomic E-state index is 9.20. The van der Waals surface area contributed by atoms with Crippen molar-refractivity contribution in [2.75, 3.05) is 0 Å². The molecule has 3 nitrogen and oxygen atoms in total. The highest BCUT2D eigenvalue weighted by atomic mass is 16.5. The summed E-state index contributed by atoms with van der Waals surface area (Å²) in [4.78, 5) is 0. The van der Waals surface area contributed by atoms with Crippen molar-refractivity contribution in [1.29, 1.82) is 0 Å². The Labute approximate surface area is 112 Å². The molecule has 0 heterocycles. The quantitative estimate of drug-likeness (QED) is 0.796. The van der Waals surface area contributed by atoms with Crippen molar-refractivity contribution in [1.82, 2.24) is 0 Å². The van der Waals surface area contributed by atoms with E-state index in [0.717, 1.165) is 5.56 Å². The van der Waals surface area contributed by atoms with Gasteiger partial charge in [-0.3, -0.25) is 0 Å². The lowest BCUT2D eigenvalue weighted by molar-refractivity contribution is 0.306. The molecule has 0 radical (unpaired) electrons. The zero-order valence-electron chi connectivity index (χ0n) is 10.5. The molecule has 0 aliphatic carbocycles. The van der Waals surface area contributed by atoms with Gasteiger partial charge in [-0.1, -0.05) is 49.1 Å². The van der Waals surface area contributed by atoms with E-state index in [1.54, 1.807) is 24.3 Å². The fraction of sp³-hybridized carbons (Fsp3) is 0.0667. The Balaban J connectivity index is 2.11. The van der Waals surface area contributed by atoms with Gasteiger partial charge in [0.15, 0.2) is 0 Å². The fourth-order valence-electron chi connectivity index (χ4n) is 1.80. The lowest BCUT2D eigenvalue weighted by Gasteiger charge is -2.10.